The minimum atomic E-state index is 0.274. The zero-order valence-electron chi connectivity index (χ0n) is 13.0. The average Bonchev–Trinajstić information content (AvgIpc) is 2.33. The van der Waals surface area contributed by atoms with Gasteiger partial charge >= 0.3 is 0 Å². The lowest BCUT2D eigenvalue weighted by molar-refractivity contribution is 0.135. The van der Waals surface area contributed by atoms with Gasteiger partial charge in [0.05, 0.1) is 0 Å². The second kappa shape index (κ2) is 8.13. The van der Waals surface area contributed by atoms with Crippen LogP contribution in [0.5, 0.6) is 0 Å². The van der Waals surface area contributed by atoms with Gasteiger partial charge in [0.25, 0.3) is 0 Å². The van der Waals surface area contributed by atoms with Crippen molar-refractivity contribution in [1.82, 2.24) is 15.1 Å². The molecule has 0 aromatic heterocycles. The molecule has 0 aliphatic carbocycles. The van der Waals surface area contributed by atoms with Gasteiger partial charge in [0.1, 0.15) is 0 Å². The minimum absolute atomic E-state index is 0.274. The molecule has 0 unspecified atom stereocenters. The fourth-order valence-corrected chi connectivity index (χ4v) is 2.43. The topological polar surface area (TPSA) is 18.5 Å². The molecule has 108 valence electrons. The van der Waals surface area contributed by atoms with Crippen molar-refractivity contribution in [3.05, 3.63) is 0 Å². The Bertz CT molecular complexity index is 202. The Morgan fingerprint density at radius 3 is 2.06 bits per heavy atom. The quantitative estimate of drug-likeness (QED) is 0.704. The van der Waals surface area contributed by atoms with Crippen molar-refractivity contribution in [2.24, 2.45) is 0 Å². The lowest BCUT2D eigenvalue weighted by atomic mass is 10.1. The van der Waals surface area contributed by atoms with Gasteiger partial charge < -0.3 is 15.1 Å². The van der Waals surface area contributed by atoms with Crippen molar-refractivity contribution in [2.45, 2.75) is 52.5 Å². The summed E-state index contributed by atoms with van der Waals surface area (Å²) in [7, 11) is 0. The van der Waals surface area contributed by atoms with Gasteiger partial charge in [0.15, 0.2) is 0 Å². The van der Waals surface area contributed by atoms with Crippen molar-refractivity contribution >= 4 is 0 Å². The summed E-state index contributed by atoms with van der Waals surface area (Å²) in [5, 5.41) is 3.55. The standard InChI is InChI=1S/C15H33N3/c1-5-17-11-13-18(14-12-17)10-8-6-7-9-16-15(2,3)4/h16H,5-14H2,1-4H3. The normalized spacial score (nSPS) is 19.3. The third-order valence-corrected chi connectivity index (χ3v) is 3.72. The van der Waals surface area contributed by atoms with E-state index in [4.69, 9.17) is 0 Å². The highest BCUT2D eigenvalue weighted by Gasteiger charge is 2.14. The summed E-state index contributed by atoms with van der Waals surface area (Å²) in [6, 6.07) is 0. The summed E-state index contributed by atoms with van der Waals surface area (Å²) < 4.78 is 0. The lowest BCUT2D eigenvalue weighted by Gasteiger charge is -2.34. The molecule has 0 aromatic rings. The van der Waals surface area contributed by atoms with E-state index in [-0.39, 0.29) is 5.54 Å². The fraction of sp³-hybridized carbons (Fsp3) is 1.00. The van der Waals surface area contributed by atoms with Gasteiger partial charge in [-0.25, -0.2) is 0 Å². The smallest absolute Gasteiger partial charge is 0.0110 e. The fourth-order valence-electron chi connectivity index (χ4n) is 2.43. The molecule has 18 heavy (non-hydrogen) atoms. The van der Waals surface area contributed by atoms with Crippen LogP contribution >= 0.6 is 0 Å². The summed E-state index contributed by atoms with van der Waals surface area (Å²) in [6.45, 7) is 17.7. The number of likely N-dealkylation sites (N-methyl/N-ethyl adjacent to an activating group) is 1. The molecule has 3 nitrogen and oxygen atoms in total. The predicted octanol–water partition coefficient (Wildman–Crippen LogP) is 2.18. The number of piperazine rings is 1. The van der Waals surface area contributed by atoms with Crippen LogP contribution in [0.15, 0.2) is 0 Å². The first-order chi connectivity index (χ1) is 8.51. The van der Waals surface area contributed by atoms with Gasteiger partial charge in [-0.1, -0.05) is 13.3 Å². The second-order valence-corrected chi connectivity index (χ2v) is 6.51. The number of unbranched alkanes of at least 4 members (excludes halogenated alkanes) is 2. The van der Waals surface area contributed by atoms with E-state index in [1.54, 1.807) is 0 Å². The van der Waals surface area contributed by atoms with Gasteiger partial charge in [-0.2, -0.15) is 0 Å². The maximum Gasteiger partial charge on any atom is 0.0110 e. The molecule has 1 aliphatic rings. The number of rotatable bonds is 7. The van der Waals surface area contributed by atoms with Gasteiger partial charge in [0.2, 0.25) is 0 Å². The molecule has 0 spiro atoms. The molecular formula is C15H33N3. The molecule has 0 radical (unpaired) electrons. The van der Waals surface area contributed by atoms with Crippen LogP contribution < -0.4 is 5.32 Å². The Labute approximate surface area is 114 Å². The van der Waals surface area contributed by atoms with Crippen molar-refractivity contribution in [3.8, 4) is 0 Å². The van der Waals surface area contributed by atoms with E-state index >= 15 is 0 Å². The van der Waals surface area contributed by atoms with Crippen LogP contribution in [-0.4, -0.2) is 61.2 Å². The monoisotopic (exact) mass is 255 g/mol. The van der Waals surface area contributed by atoms with Crippen LogP contribution in [-0.2, 0) is 0 Å². The molecule has 1 aliphatic heterocycles. The van der Waals surface area contributed by atoms with E-state index in [2.05, 4.69) is 42.8 Å². The van der Waals surface area contributed by atoms with Crippen LogP contribution in [0.25, 0.3) is 0 Å². The van der Waals surface area contributed by atoms with Crippen LogP contribution in [0.4, 0.5) is 0 Å². The Morgan fingerprint density at radius 2 is 1.50 bits per heavy atom. The molecule has 0 atom stereocenters. The van der Waals surface area contributed by atoms with Crippen molar-refractivity contribution in [2.75, 3.05) is 45.8 Å². The van der Waals surface area contributed by atoms with Gasteiger partial charge in [-0.15, -0.1) is 0 Å². The van der Waals surface area contributed by atoms with E-state index in [9.17, 15) is 0 Å². The van der Waals surface area contributed by atoms with E-state index in [1.807, 2.05) is 0 Å². The molecule has 3 heteroatoms. The molecule has 0 saturated carbocycles. The summed E-state index contributed by atoms with van der Waals surface area (Å²) in [4.78, 5) is 5.17. The molecular weight excluding hydrogens is 222 g/mol. The molecule has 1 rings (SSSR count). The number of hydrogen-bond acceptors (Lipinski definition) is 3. The first-order valence-corrected chi connectivity index (χ1v) is 7.71. The van der Waals surface area contributed by atoms with Crippen LogP contribution in [0.1, 0.15) is 47.0 Å². The third kappa shape index (κ3) is 7.34. The number of nitrogens with one attached hydrogen (secondary N) is 1. The van der Waals surface area contributed by atoms with Crippen molar-refractivity contribution in [3.63, 3.8) is 0 Å². The summed E-state index contributed by atoms with van der Waals surface area (Å²) in [6.07, 6.45) is 4.03. The van der Waals surface area contributed by atoms with E-state index in [1.165, 1.54) is 58.5 Å². The van der Waals surface area contributed by atoms with Crippen LogP contribution in [0, 0.1) is 0 Å². The maximum absolute atomic E-state index is 3.55. The molecule has 1 N–H and O–H groups in total. The Kier molecular flexibility index (Phi) is 7.20. The van der Waals surface area contributed by atoms with Crippen molar-refractivity contribution in [1.29, 1.82) is 0 Å². The molecule has 0 aromatic carbocycles. The number of hydrogen-bond donors (Lipinski definition) is 1. The van der Waals surface area contributed by atoms with E-state index < -0.39 is 0 Å². The lowest BCUT2D eigenvalue weighted by Crippen LogP contribution is -2.46. The SMILES string of the molecule is CCN1CCN(CCCCCNC(C)(C)C)CC1. The maximum atomic E-state index is 3.55. The van der Waals surface area contributed by atoms with E-state index in [0.29, 0.717) is 0 Å². The largest absolute Gasteiger partial charge is 0.312 e. The highest BCUT2D eigenvalue weighted by atomic mass is 15.3. The van der Waals surface area contributed by atoms with Crippen molar-refractivity contribution < 1.29 is 0 Å². The van der Waals surface area contributed by atoms with Gasteiger partial charge in [-0.05, 0) is 53.2 Å². The van der Waals surface area contributed by atoms with Crippen LogP contribution in [0.2, 0.25) is 0 Å². The minimum Gasteiger partial charge on any atom is -0.312 e. The third-order valence-electron chi connectivity index (χ3n) is 3.72. The first kappa shape index (κ1) is 15.9. The van der Waals surface area contributed by atoms with E-state index in [0.717, 1.165) is 6.54 Å². The van der Waals surface area contributed by atoms with Crippen LogP contribution in [0.3, 0.4) is 0 Å². The van der Waals surface area contributed by atoms with Gasteiger partial charge in [0, 0.05) is 31.7 Å². The molecule has 1 heterocycles. The summed E-state index contributed by atoms with van der Waals surface area (Å²) in [5.74, 6) is 0. The van der Waals surface area contributed by atoms with Gasteiger partial charge in [-0.3, -0.25) is 0 Å². The Morgan fingerprint density at radius 1 is 0.889 bits per heavy atom. The highest BCUT2D eigenvalue weighted by Crippen LogP contribution is 2.05. The zero-order chi connectivity index (χ0) is 13.4. The predicted molar refractivity (Wildman–Crippen MR) is 80.2 cm³/mol. The Hall–Kier alpha value is -0.120. The Balaban J connectivity index is 1.93. The molecule has 0 bridgehead atoms. The molecule has 0 amide bonds. The average molecular weight is 255 g/mol. The second-order valence-electron chi connectivity index (χ2n) is 6.51. The number of nitrogens with zero attached hydrogens (tertiary/aromatic N) is 2. The first-order valence-electron chi connectivity index (χ1n) is 7.71. The molecule has 1 saturated heterocycles. The molecule has 1 fully saturated rings. The highest BCUT2D eigenvalue weighted by molar-refractivity contribution is 4.72. The summed E-state index contributed by atoms with van der Waals surface area (Å²) >= 11 is 0. The zero-order valence-corrected chi connectivity index (χ0v) is 13.0. The summed E-state index contributed by atoms with van der Waals surface area (Å²) in [5.41, 5.74) is 0.274.